The Hall–Kier alpha value is -0.700. The van der Waals surface area contributed by atoms with Crippen LogP contribution in [-0.2, 0) is 10.1 Å². The molecule has 3 N–H and O–H groups in total. The van der Waals surface area contributed by atoms with Crippen molar-refractivity contribution in [2.75, 3.05) is 0 Å². The lowest BCUT2D eigenvalue weighted by molar-refractivity contribution is 0.370. The van der Waals surface area contributed by atoms with Gasteiger partial charge in [0.05, 0.1) is 11.8 Å². The topological polar surface area (TPSA) is 94.0 Å². The van der Waals surface area contributed by atoms with E-state index in [1.54, 1.807) is 0 Å². The second-order valence-corrected chi connectivity index (χ2v) is 5.10. The number of allylic oxidation sites excluding steroid dienone is 1. The predicted octanol–water partition coefficient (Wildman–Crippen LogP) is 0.178. The molecule has 15 heavy (non-hydrogen) atoms. The molecule has 0 aromatic rings. The molecule has 0 saturated heterocycles. The molecule has 0 fully saturated rings. The van der Waals surface area contributed by atoms with Crippen LogP contribution >= 0.6 is 23.4 Å². The van der Waals surface area contributed by atoms with Crippen LogP contribution in [0, 0.1) is 0 Å². The van der Waals surface area contributed by atoms with E-state index in [1.807, 2.05) is 0 Å². The summed E-state index contributed by atoms with van der Waals surface area (Å²) in [4.78, 5) is 0. The van der Waals surface area contributed by atoms with E-state index in [1.165, 1.54) is 13.0 Å². The third-order valence-electron chi connectivity index (χ3n) is 1.47. The zero-order chi connectivity index (χ0) is 11.6. The van der Waals surface area contributed by atoms with Crippen molar-refractivity contribution in [1.29, 1.82) is 0 Å². The van der Waals surface area contributed by atoms with Crippen LogP contribution in [0.1, 0.15) is 6.92 Å². The van der Waals surface area contributed by atoms with Gasteiger partial charge in [0.2, 0.25) is 0 Å². The van der Waals surface area contributed by atoms with Crippen molar-refractivity contribution >= 4 is 38.7 Å². The van der Waals surface area contributed by atoms with Crippen LogP contribution in [0.5, 0.6) is 0 Å². The van der Waals surface area contributed by atoms with E-state index in [4.69, 9.17) is 27.9 Å². The number of halogens is 2. The number of hydrazine groups is 1. The first-order chi connectivity index (χ1) is 6.79. The molecule has 0 aliphatic carbocycles. The van der Waals surface area contributed by atoms with Crippen molar-refractivity contribution in [3.05, 3.63) is 11.9 Å². The fraction of sp³-hybridized carbons (Fsp3) is 0.400. The minimum absolute atomic E-state index is 0.0637. The largest absolute Gasteiger partial charge is 0.352 e. The Kier molecular flexibility index (Phi) is 3.66. The minimum atomic E-state index is -4.17. The average Bonchev–Trinajstić information content (AvgIpc) is 1.99. The molecule has 1 atom stereocenters. The smallest absolute Gasteiger partial charge is 0.285 e. The number of rotatable bonds is 3. The molecule has 0 radical (unpaired) electrons. The van der Waals surface area contributed by atoms with Crippen molar-refractivity contribution in [1.82, 2.24) is 15.4 Å². The van der Waals surface area contributed by atoms with E-state index in [9.17, 15) is 8.42 Å². The van der Waals surface area contributed by atoms with E-state index in [-0.39, 0.29) is 11.0 Å². The first-order valence-electron chi connectivity index (χ1n) is 3.70. The van der Waals surface area contributed by atoms with Crippen LogP contribution in [0.4, 0.5) is 0 Å². The highest BCUT2D eigenvalue weighted by Crippen LogP contribution is 2.06. The Bertz CT molecular complexity index is 407. The number of nitrogens with one attached hydrogen (secondary N) is 2. The van der Waals surface area contributed by atoms with Crippen LogP contribution in [0.2, 0.25) is 0 Å². The number of hydrazone groups is 1. The zero-order valence-electron chi connectivity index (χ0n) is 7.48. The Labute approximate surface area is 96.5 Å². The molecule has 0 saturated carbocycles. The van der Waals surface area contributed by atoms with Crippen molar-refractivity contribution in [3.8, 4) is 0 Å². The predicted molar refractivity (Wildman–Crippen MR) is 56.3 cm³/mol. The summed E-state index contributed by atoms with van der Waals surface area (Å²) in [5, 5.41) is 4.86. The van der Waals surface area contributed by atoms with Crippen LogP contribution in [0.15, 0.2) is 17.0 Å². The lowest BCUT2D eigenvalue weighted by Gasteiger charge is -2.22. The van der Waals surface area contributed by atoms with Gasteiger partial charge in [0.25, 0.3) is 10.1 Å². The molecule has 1 aliphatic rings. The monoisotopic (exact) mass is 274 g/mol. The Morgan fingerprint density at radius 2 is 2.33 bits per heavy atom. The second kappa shape index (κ2) is 4.44. The van der Waals surface area contributed by atoms with Gasteiger partial charge >= 0.3 is 0 Å². The van der Waals surface area contributed by atoms with Crippen molar-refractivity contribution in [2.24, 2.45) is 5.10 Å². The fourth-order valence-electron chi connectivity index (χ4n) is 0.756. The molecular weight excluding hydrogens is 267 g/mol. The van der Waals surface area contributed by atoms with Crippen molar-refractivity contribution in [2.45, 2.75) is 12.3 Å². The summed E-state index contributed by atoms with van der Waals surface area (Å²) in [5.74, 6) is 0.204. The van der Waals surface area contributed by atoms with Crippen LogP contribution in [0.3, 0.4) is 0 Å². The first kappa shape index (κ1) is 12.4. The molecule has 1 heterocycles. The van der Waals surface area contributed by atoms with Gasteiger partial charge in [0.15, 0.2) is 10.5 Å². The van der Waals surface area contributed by atoms with Gasteiger partial charge in [-0.15, -0.1) is 9.74 Å². The van der Waals surface area contributed by atoms with Gasteiger partial charge in [-0.05, 0) is 6.92 Å². The standard InChI is InChI=1S/C5H8Cl2N4O3S/c1-3(15(12,13)14)8-5-2-4(6)9-11(7)10-5/h2-3,8,10H,1H3,(H,12,13,14). The molecule has 0 spiro atoms. The Balaban J connectivity index is 2.72. The molecule has 1 unspecified atom stereocenters. The minimum Gasteiger partial charge on any atom is -0.352 e. The fourth-order valence-corrected chi connectivity index (χ4v) is 1.43. The maximum Gasteiger partial charge on any atom is 0.285 e. The van der Waals surface area contributed by atoms with Gasteiger partial charge in [-0.25, -0.2) is 0 Å². The normalized spacial score (nSPS) is 18.8. The molecule has 0 amide bonds. The van der Waals surface area contributed by atoms with E-state index in [2.05, 4.69) is 15.8 Å². The summed E-state index contributed by atoms with van der Waals surface area (Å²) in [6.07, 6.45) is 1.32. The second-order valence-electron chi connectivity index (χ2n) is 2.65. The Morgan fingerprint density at radius 3 is 2.80 bits per heavy atom. The third kappa shape index (κ3) is 3.74. The van der Waals surface area contributed by atoms with Crippen LogP contribution in [0.25, 0.3) is 0 Å². The number of nitrogens with zero attached hydrogens (tertiary/aromatic N) is 2. The van der Waals surface area contributed by atoms with Gasteiger partial charge in [-0.2, -0.15) is 8.42 Å². The Morgan fingerprint density at radius 1 is 1.73 bits per heavy atom. The van der Waals surface area contributed by atoms with Crippen LogP contribution < -0.4 is 10.7 Å². The SMILES string of the molecule is CC(NC1=CC(Cl)=NN(Cl)N1)S(=O)(=O)O. The van der Waals surface area contributed by atoms with Gasteiger partial charge in [-0.1, -0.05) is 11.6 Å². The third-order valence-corrected chi connectivity index (χ3v) is 2.82. The maximum atomic E-state index is 10.7. The average molecular weight is 275 g/mol. The van der Waals surface area contributed by atoms with Crippen LogP contribution in [-0.4, -0.2) is 28.2 Å². The van der Waals surface area contributed by atoms with Gasteiger partial charge in [0.1, 0.15) is 5.82 Å². The molecule has 0 aromatic carbocycles. The summed E-state index contributed by atoms with van der Waals surface area (Å²) in [6, 6.07) is 0. The van der Waals surface area contributed by atoms with E-state index in [0.29, 0.717) is 0 Å². The first-order valence-corrected chi connectivity index (χ1v) is 5.92. The highest BCUT2D eigenvalue weighted by atomic mass is 35.5. The lowest BCUT2D eigenvalue weighted by atomic mass is 10.5. The number of hydrogen-bond acceptors (Lipinski definition) is 6. The molecule has 1 aliphatic heterocycles. The molecular formula is C5H8Cl2N4O3S. The summed E-state index contributed by atoms with van der Waals surface area (Å²) >= 11 is 11.0. The van der Waals surface area contributed by atoms with Gasteiger partial charge < -0.3 is 5.32 Å². The van der Waals surface area contributed by atoms with Gasteiger partial charge in [-0.3, -0.25) is 9.98 Å². The van der Waals surface area contributed by atoms with Crippen molar-refractivity contribution < 1.29 is 13.0 Å². The molecule has 0 aromatic heterocycles. The molecule has 86 valence electrons. The highest BCUT2D eigenvalue weighted by Gasteiger charge is 2.19. The maximum absolute atomic E-state index is 10.7. The van der Waals surface area contributed by atoms with Crippen molar-refractivity contribution in [3.63, 3.8) is 0 Å². The summed E-state index contributed by atoms with van der Waals surface area (Å²) in [6.45, 7) is 1.26. The van der Waals surface area contributed by atoms with Gasteiger partial charge in [0, 0.05) is 6.08 Å². The molecule has 0 bridgehead atoms. The van der Waals surface area contributed by atoms with E-state index >= 15 is 0 Å². The molecule has 10 heteroatoms. The lowest BCUT2D eigenvalue weighted by Crippen LogP contribution is -2.42. The van der Waals surface area contributed by atoms with E-state index in [0.717, 1.165) is 4.64 Å². The molecule has 1 rings (SSSR count). The summed E-state index contributed by atoms with van der Waals surface area (Å²) in [7, 11) is -4.17. The number of hydrogen-bond donors (Lipinski definition) is 3. The quantitative estimate of drug-likeness (QED) is 0.502. The summed E-state index contributed by atoms with van der Waals surface area (Å²) < 4.78 is 30.9. The van der Waals surface area contributed by atoms with E-state index < -0.39 is 15.5 Å². The highest BCUT2D eigenvalue weighted by molar-refractivity contribution is 7.86. The molecule has 7 nitrogen and oxygen atoms in total. The zero-order valence-corrected chi connectivity index (χ0v) is 9.81. The summed E-state index contributed by atoms with van der Waals surface area (Å²) in [5.41, 5.74) is 2.45.